The zero-order valence-electron chi connectivity index (χ0n) is 11.6. The van der Waals surface area contributed by atoms with E-state index in [0.717, 1.165) is 5.52 Å². The lowest BCUT2D eigenvalue weighted by atomic mass is 10.2. The number of anilines is 2. The number of rotatable bonds is 2. The van der Waals surface area contributed by atoms with E-state index >= 15 is 0 Å². The van der Waals surface area contributed by atoms with Crippen LogP contribution in [0, 0.1) is 12.7 Å². The van der Waals surface area contributed by atoms with Crippen LogP contribution in [0.2, 0.25) is 0 Å². The second kappa shape index (κ2) is 4.73. The molecule has 0 bridgehead atoms. The summed E-state index contributed by atoms with van der Waals surface area (Å²) in [5.41, 5.74) is 1.73. The summed E-state index contributed by atoms with van der Waals surface area (Å²) in [4.78, 5) is 13.0. The fourth-order valence-corrected chi connectivity index (χ4v) is 2.39. The Balaban J connectivity index is 1.88. The zero-order valence-corrected chi connectivity index (χ0v) is 11.6. The van der Waals surface area contributed by atoms with E-state index in [1.807, 2.05) is 12.1 Å². The van der Waals surface area contributed by atoms with Gasteiger partial charge in [0.2, 0.25) is 0 Å². The lowest BCUT2D eigenvalue weighted by Crippen LogP contribution is -2.00. The zero-order chi connectivity index (χ0) is 15.1. The van der Waals surface area contributed by atoms with Crippen molar-refractivity contribution in [3.8, 4) is 0 Å². The first-order valence-electron chi connectivity index (χ1n) is 6.71. The highest BCUT2D eigenvalue weighted by Gasteiger charge is 2.12. The maximum Gasteiger partial charge on any atom is 0.161 e. The number of hydrogen-bond acceptors (Lipinski definition) is 5. The van der Waals surface area contributed by atoms with Gasteiger partial charge in [-0.15, -0.1) is 0 Å². The predicted octanol–water partition coefficient (Wildman–Crippen LogP) is 3.09. The quantitative estimate of drug-likeness (QED) is 0.594. The SMILES string of the molecule is Cc1nc(Nc2n[nH]c3c(F)cccc23)c2ncccc2n1. The lowest BCUT2D eigenvalue weighted by molar-refractivity contribution is 0.636. The van der Waals surface area contributed by atoms with Crippen molar-refractivity contribution in [2.45, 2.75) is 6.92 Å². The molecular weight excluding hydrogens is 283 g/mol. The predicted molar refractivity (Wildman–Crippen MR) is 81.4 cm³/mol. The molecule has 4 aromatic rings. The minimum Gasteiger partial charge on any atom is -0.321 e. The molecule has 0 atom stereocenters. The molecule has 0 amide bonds. The minimum atomic E-state index is -0.347. The summed E-state index contributed by atoms with van der Waals surface area (Å²) in [7, 11) is 0. The molecule has 0 spiro atoms. The lowest BCUT2D eigenvalue weighted by Gasteiger charge is -2.07. The molecule has 3 aromatic heterocycles. The Kier molecular flexibility index (Phi) is 2.72. The van der Waals surface area contributed by atoms with Crippen LogP contribution in [0.1, 0.15) is 5.82 Å². The Bertz CT molecular complexity index is 994. The Morgan fingerprint density at radius 3 is 2.91 bits per heavy atom. The van der Waals surface area contributed by atoms with E-state index in [9.17, 15) is 4.39 Å². The van der Waals surface area contributed by atoms with Crippen LogP contribution in [0.5, 0.6) is 0 Å². The molecule has 1 aromatic carbocycles. The van der Waals surface area contributed by atoms with E-state index in [0.29, 0.717) is 33.9 Å². The smallest absolute Gasteiger partial charge is 0.161 e. The molecule has 7 heteroatoms. The average molecular weight is 294 g/mol. The Labute approximate surface area is 124 Å². The van der Waals surface area contributed by atoms with Gasteiger partial charge in [-0.25, -0.2) is 14.4 Å². The first-order valence-corrected chi connectivity index (χ1v) is 6.71. The second-order valence-corrected chi connectivity index (χ2v) is 4.85. The molecule has 6 nitrogen and oxygen atoms in total. The summed E-state index contributed by atoms with van der Waals surface area (Å²) in [6, 6.07) is 8.49. The van der Waals surface area contributed by atoms with Gasteiger partial charge in [0.25, 0.3) is 0 Å². The maximum absolute atomic E-state index is 13.7. The van der Waals surface area contributed by atoms with E-state index in [4.69, 9.17) is 0 Å². The van der Waals surface area contributed by atoms with Crippen LogP contribution in [-0.4, -0.2) is 25.1 Å². The number of H-pyrrole nitrogens is 1. The summed E-state index contributed by atoms with van der Waals surface area (Å²) < 4.78 is 13.7. The number of halogens is 1. The van der Waals surface area contributed by atoms with Gasteiger partial charge < -0.3 is 5.32 Å². The van der Waals surface area contributed by atoms with E-state index in [1.54, 1.807) is 25.3 Å². The molecule has 4 rings (SSSR count). The number of aromatic amines is 1. The molecule has 0 aliphatic heterocycles. The Morgan fingerprint density at radius 1 is 1.09 bits per heavy atom. The molecule has 0 aliphatic rings. The van der Waals surface area contributed by atoms with Gasteiger partial charge in [0, 0.05) is 11.6 Å². The largest absolute Gasteiger partial charge is 0.321 e. The number of benzene rings is 1. The molecule has 108 valence electrons. The van der Waals surface area contributed by atoms with Gasteiger partial charge in [-0.2, -0.15) is 5.10 Å². The van der Waals surface area contributed by atoms with Crippen molar-refractivity contribution in [2.75, 3.05) is 5.32 Å². The fourth-order valence-electron chi connectivity index (χ4n) is 2.39. The first-order chi connectivity index (χ1) is 10.7. The van der Waals surface area contributed by atoms with Crippen molar-refractivity contribution in [1.82, 2.24) is 25.1 Å². The number of nitrogens with one attached hydrogen (secondary N) is 2. The summed E-state index contributed by atoms with van der Waals surface area (Å²) in [6.07, 6.45) is 1.68. The third-order valence-corrected chi connectivity index (χ3v) is 3.35. The molecule has 3 heterocycles. The third kappa shape index (κ3) is 1.95. The molecular formula is C15H11FN6. The summed E-state index contributed by atoms with van der Waals surface area (Å²) in [5, 5.41) is 10.6. The third-order valence-electron chi connectivity index (χ3n) is 3.35. The van der Waals surface area contributed by atoms with E-state index < -0.39 is 0 Å². The highest BCUT2D eigenvalue weighted by molar-refractivity contribution is 5.94. The highest BCUT2D eigenvalue weighted by atomic mass is 19.1. The van der Waals surface area contributed by atoms with Crippen LogP contribution >= 0.6 is 0 Å². The first kappa shape index (κ1) is 12.6. The van der Waals surface area contributed by atoms with Gasteiger partial charge in [0.05, 0.1) is 5.52 Å². The van der Waals surface area contributed by atoms with Crippen molar-refractivity contribution >= 4 is 33.6 Å². The number of aromatic nitrogens is 5. The Hall–Kier alpha value is -3.09. The van der Waals surface area contributed by atoms with Gasteiger partial charge in [-0.3, -0.25) is 10.1 Å². The van der Waals surface area contributed by atoms with Crippen LogP contribution < -0.4 is 5.32 Å². The van der Waals surface area contributed by atoms with Crippen LogP contribution in [0.3, 0.4) is 0 Å². The summed E-state index contributed by atoms with van der Waals surface area (Å²) >= 11 is 0. The second-order valence-electron chi connectivity index (χ2n) is 4.85. The van der Waals surface area contributed by atoms with E-state index in [2.05, 4.69) is 30.5 Å². The van der Waals surface area contributed by atoms with Crippen molar-refractivity contribution in [2.24, 2.45) is 0 Å². The monoisotopic (exact) mass is 294 g/mol. The molecule has 22 heavy (non-hydrogen) atoms. The number of pyridine rings is 1. The fraction of sp³-hybridized carbons (Fsp3) is 0.0667. The van der Waals surface area contributed by atoms with Crippen LogP contribution in [0.4, 0.5) is 16.0 Å². The maximum atomic E-state index is 13.7. The van der Waals surface area contributed by atoms with Crippen LogP contribution in [0.15, 0.2) is 36.5 Å². The summed E-state index contributed by atoms with van der Waals surface area (Å²) in [5.74, 6) is 1.31. The number of aryl methyl sites for hydroxylation is 1. The molecule has 0 aliphatic carbocycles. The van der Waals surface area contributed by atoms with Gasteiger partial charge in [0.1, 0.15) is 22.7 Å². The van der Waals surface area contributed by atoms with Crippen molar-refractivity contribution < 1.29 is 4.39 Å². The van der Waals surface area contributed by atoms with Crippen molar-refractivity contribution in [3.63, 3.8) is 0 Å². The standard InChI is InChI=1S/C15H11FN6/c1-8-18-11-6-3-7-17-13(11)15(19-8)20-14-9-4-2-5-10(16)12(9)21-22-14/h2-7H,1H3,(H2,18,19,20,21,22). The van der Waals surface area contributed by atoms with Gasteiger partial charge >= 0.3 is 0 Å². The van der Waals surface area contributed by atoms with Crippen molar-refractivity contribution in [1.29, 1.82) is 0 Å². The normalized spacial score (nSPS) is 11.2. The molecule has 2 N–H and O–H groups in total. The van der Waals surface area contributed by atoms with Gasteiger partial charge in [0.15, 0.2) is 11.6 Å². The Morgan fingerprint density at radius 2 is 2.00 bits per heavy atom. The molecule has 0 fully saturated rings. The number of fused-ring (bicyclic) bond motifs is 2. The van der Waals surface area contributed by atoms with Crippen LogP contribution in [-0.2, 0) is 0 Å². The van der Waals surface area contributed by atoms with Gasteiger partial charge in [-0.05, 0) is 31.2 Å². The summed E-state index contributed by atoms with van der Waals surface area (Å²) in [6.45, 7) is 1.81. The number of para-hydroxylation sites is 1. The van der Waals surface area contributed by atoms with Crippen molar-refractivity contribution in [3.05, 3.63) is 48.2 Å². The number of nitrogens with zero attached hydrogens (tertiary/aromatic N) is 4. The van der Waals surface area contributed by atoms with Gasteiger partial charge in [-0.1, -0.05) is 6.07 Å². The number of hydrogen-bond donors (Lipinski definition) is 2. The topological polar surface area (TPSA) is 79.4 Å². The molecule has 0 unspecified atom stereocenters. The van der Waals surface area contributed by atoms with E-state index in [1.165, 1.54) is 6.07 Å². The molecule has 0 radical (unpaired) electrons. The molecule has 0 saturated heterocycles. The highest BCUT2D eigenvalue weighted by Crippen LogP contribution is 2.27. The molecule has 0 saturated carbocycles. The average Bonchev–Trinajstić information content (AvgIpc) is 2.92. The van der Waals surface area contributed by atoms with E-state index in [-0.39, 0.29) is 5.82 Å². The van der Waals surface area contributed by atoms with Crippen LogP contribution in [0.25, 0.3) is 21.9 Å². The minimum absolute atomic E-state index is 0.347.